The maximum absolute atomic E-state index is 6.22. The first-order valence-electron chi connectivity index (χ1n) is 5.99. The topological polar surface area (TPSA) is 69.1 Å². The molecule has 2 heterocycles. The van der Waals surface area contributed by atoms with Crippen molar-refractivity contribution in [1.29, 1.82) is 0 Å². The highest BCUT2D eigenvalue weighted by molar-refractivity contribution is 5.40. The summed E-state index contributed by atoms with van der Waals surface area (Å²) in [5, 5.41) is 8.39. The normalized spacial score (nSPS) is 15.1. The summed E-state index contributed by atoms with van der Waals surface area (Å²) in [5.74, 6) is 2.07. The Kier molecular flexibility index (Phi) is 3.11. The number of nitrogens with zero attached hydrogens (tertiary/aromatic N) is 4. The van der Waals surface area contributed by atoms with Crippen LogP contribution in [0.1, 0.15) is 43.7 Å². The van der Waals surface area contributed by atoms with Crippen LogP contribution in [0.15, 0.2) is 6.07 Å². The number of hydrogen-bond acceptors (Lipinski definition) is 4. The van der Waals surface area contributed by atoms with Gasteiger partial charge < -0.3 is 5.73 Å². The summed E-state index contributed by atoms with van der Waals surface area (Å²) >= 11 is 0. The van der Waals surface area contributed by atoms with Gasteiger partial charge in [0.1, 0.15) is 5.82 Å². The van der Waals surface area contributed by atoms with Crippen molar-refractivity contribution >= 4 is 5.65 Å². The third-order valence-corrected chi connectivity index (χ3v) is 3.27. The Hall–Kier alpha value is -1.49. The number of fused-ring (bicyclic) bond motifs is 1. The van der Waals surface area contributed by atoms with Crippen molar-refractivity contribution in [3.63, 3.8) is 0 Å². The van der Waals surface area contributed by atoms with Crippen LogP contribution in [-0.4, -0.2) is 19.6 Å². The largest absolute Gasteiger partial charge is 0.321 e. The first-order valence-corrected chi connectivity index (χ1v) is 5.99. The highest BCUT2D eigenvalue weighted by Crippen LogP contribution is 2.21. The molecule has 0 bridgehead atoms. The minimum absolute atomic E-state index is 0.0989. The summed E-state index contributed by atoms with van der Waals surface area (Å²) < 4.78 is 1.95. The summed E-state index contributed by atoms with van der Waals surface area (Å²) in [6, 6.07) is 1.82. The van der Waals surface area contributed by atoms with E-state index in [0.29, 0.717) is 5.92 Å². The fourth-order valence-electron chi connectivity index (χ4n) is 1.98. The van der Waals surface area contributed by atoms with E-state index in [1.807, 2.05) is 24.3 Å². The second-order valence-electron chi connectivity index (χ2n) is 4.61. The second-order valence-corrected chi connectivity index (χ2v) is 4.61. The van der Waals surface area contributed by atoms with Gasteiger partial charge in [-0.15, -0.1) is 10.2 Å². The number of aryl methyl sites for hydroxylation is 2. The molecule has 0 fully saturated rings. The van der Waals surface area contributed by atoms with E-state index in [4.69, 9.17) is 5.73 Å². The smallest absolute Gasteiger partial charge is 0.164 e. The molecule has 0 aliphatic rings. The summed E-state index contributed by atoms with van der Waals surface area (Å²) in [4.78, 5) is 4.43. The summed E-state index contributed by atoms with van der Waals surface area (Å²) in [7, 11) is 0. The van der Waals surface area contributed by atoms with Gasteiger partial charge in [-0.2, -0.15) is 0 Å². The van der Waals surface area contributed by atoms with Gasteiger partial charge in [-0.1, -0.05) is 20.3 Å². The third-order valence-electron chi connectivity index (χ3n) is 3.27. The van der Waals surface area contributed by atoms with Crippen LogP contribution in [0.4, 0.5) is 0 Å². The van der Waals surface area contributed by atoms with E-state index in [9.17, 15) is 0 Å². The van der Waals surface area contributed by atoms with E-state index < -0.39 is 0 Å². The van der Waals surface area contributed by atoms with E-state index in [1.165, 1.54) is 0 Å². The quantitative estimate of drug-likeness (QED) is 0.877. The van der Waals surface area contributed by atoms with Gasteiger partial charge in [-0.05, 0) is 19.8 Å². The molecule has 0 saturated carbocycles. The van der Waals surface area contributed by atoms with E-state index in [-0.39, 0.29) is 6.04 Å². The van der Waals surface area contributed by atoms with Crippen LogP contribution in [0, 0.1) is 19.8 Å². The van der Waals surface area contributed by atoms with Gasteiger partial charge in [-0.3, -0.25) is 4.40 Å². The van der Waals surface area contributed by atoms with Crippen LogP contribution < -0.4 is 5.73 Å². The Morgan fingerprint density at radius 3 is 2.71 bits per heavy atom. The Labute approximate surface area is 101 Å². The Balaban J connectivity index is 2.56. The van der Waals surface area contributed by atoms with E-state index in [1.54, 1.807) is 0 Å². The van der Waals surface area contributed by atoms with Crippen molar-refractivity contribution in [2.45, 2.75) is 40.2 Å². The lowest BCUT2D eigenvalue weighted by Gasteiger charge is -2.17. The lowest BCUT2D eigenvalue weighted by atomic mass is 9.99. The van der Waals surface area contributed by atoms with Gasteiger partial charge in [0, 0.05) is 11.8 Å². The zero-order valence-corrected chi connectivity index (χ0v) is 10.8. The van der Waals surface area contributed by atoms with Crippen molar-refractivity contribution < 1.29 is 0 Å². The van der Waals surface area contributed by atoms with Crippen molar-refractivity contribution in [2.75, 3.05) is 0 Å². The molecular formula is C12H19N5. The molecule has 0 saturated heterocycles. The minimum atomic E-state index is -0.0989. The maximum atomic E-state index is 6.22. The van der Waals surface area contributed by atoms with Gasteiger partial charge in [0.2, 0.25) is 0 Å². The molecule has 5 heteroatoms. The molecule has 0 radical (unpaired) electrons. The summed E-state index contributed by atoms with van der Waals surface area (Å²) in [6.45, 7) is 8.16. The Morgan fingerprint density at radius 2 is 2.06 bits per heavy atom. The van der Waals surface area contributed by atoms with E-state index in [2.05, 4.69) is 29.0 Å². The van der Waals surface area contributed by atoms with Gasteiger partial charge in [0.15, 0.2) is 11.5 Å². The molecule has 0 aliphatic heterocycles. The first-order chi connectivity index (χ1) is 8.04. The molecule has 0 amide bonds. The lowest BCUT2D eigenvalue weighted by Crippen LogP contribution is -2.22. The molecule has 0 spiro atoms. The average Bonchev–Trinajstić information content (AvgIpc) is 2.70. The van der Waals surface area contributed by atoms with Crippen LogP contribution in [-0.2, 0) is 0 Å². The zero-order valence-electron chi connectivity index (χ0n) is 10.8. The van der Waals surface area contributed by atoms with Crippen LogP contribution in [0.5, 0.6) is 0 Å². The molecule has 0 aromatic carbocycles. The van der Waals surface area contributed by atoms with E-state index in [0.717, 1.165) is 29.4 Å². The molecule has 2 aromatic heterocycles. The standard InChI is InChI=1S/C12H19N5/c1-5-7(2)11(13)12-16-15-10-6-8(3)14-9(4)17(10)12/h6-7,11H,5,13H2,1-4H3. The van der Waals surface area contributed by atoms with Crippen molar-refractivity contribution in [3.05, 3.63) is 23.4 Å². The summed E-state index contributed by atoms with van der Waals surface area (Å²) in [6.07, 6.45) is 1.02. The second kappa shape index (κ2) is 4.41. The number of aromatic nitrogens is 4. The Morgan fingerprint density at radius 1 is 1.35 bits per heavy atom. The number of hydrogen-bond donors (Lipinski definition) is 1. The molecule has 92 valence electrons. The van der Waals surface area contributed by atoms with Crippen LogP contribution in [0.2, 0.25) is 0 Å². The third kappa shape index (κ3) is 2.02. The van der Waals surface area contributed by atoms with Crippen LogP contribution in [0.3, 0.4) is 0 Å². The maximum Gasteiger partial charge on any atom is 0.164 e. The fourth-order valence-corrected chi connectivity index (χ4v) is 1.98. The molecule has 2 aromatic rings. The molecule has 17 heavy (non-hydrogen) atoms. The molecule has 2 N–H and O–H groups in total. The minimum Gasteiger partial charge on any atom is -0.321 e. The SMILES string of the molecule is CCC(C)C(N)c1nnc2cc(C)nc(C)n12. The molecule has 5 nitrogen and oxygen atoms in total. The predicted octanol–water partition coefficient (Wildman–Crippen LogP) is 1.79. The van der Waals surface area contributed by atoms with Crippen molar-refractivity contribution in [1.82, 2.24) is 19.6 Å². The highest BCUT2D eigenvalue weighted by Gasteiger charge is 2.20. The van der Waals surface area contributed by atoms with E-state index >= 15 is 0 Å². The number of nitrogens with two attached hydrogens (primary N) is 1. The lowest BCUT2D eigenvalue weighted by molar-refractivity contribution is 0.435. The highest BCUT2D eigenvalue weighted by atomic mass is 15.3. The van der Waals surface area contributed by atoms with Crippen molar-refractivity contribution in [2.24, 2.45) is 11.7 Å². The van der Waals surface area contributed by atoms with Gasteiger partial charge in [0.05, 0.1) is 6.04 Å². The molecule has 2 unspecified atom stereocenters. The summed E-state index contributed by atoms with van der Waals surface area (Å²) in [5.41, 5.74) is 7.99. The molecule has 0 aliphatic carbocycles. The predicted molar refractivity (Wildman–Crippen MR) is 66.6 cm³/mol. The van der Waals surface area contributed by atoms with Gasteiger partial charge in [-0.25, -0.2) is 4.98 Å². The number of rotatable bonds is 3. The monoisotopic (exact) mass is 233 g/mol. The van der Waals surface area contributed by atoms with Crippen molar-refractivity contribution in [3.8, 4) is 0 Å². The van der Waals surface area contributed by atoms with Gasteiger partial charge >= 0.3 is 0 Å². The fraction of sp³-hybridized carbons (Fsp3) is 0.583. The molecular weight excluding hydrogens is 214 g/mol. The molecule has 2 atom stereocenters. The molecule has 2 rings (SSSR count). The van der Waals surface area contributed by atoms with Crippen LogP contribution in [0.25, 0.3) is 5.65 Å². The van der Waals surface area contributed by atoms with Crippen LogP contribution >= 0.6 is 0 Å². The Bertz CT molecular complexity index is 531. The van der Waals surface area contributed by atoms with Gasteiger partial charge in [0.25, 0.3) is 0 Å². The first kappa shape index (κ1) is 12.0. The zero-order chi connectivity index (χ0) is 12.6. The average molecular weight is 233 g/mol.